The largest absolute Gasteiger partial charge is 0.384 e. The molecule has 4 rings (SSSR count). The van der Waals surface area contributed by atoms with Crippen LogP contribution in [0, 0.1) is 12.3 Å². The van der Waals surface area contributed by atoms with Gasteiger partial charge in [-0.3, -0.25) is 10.1 Å². The zero-order chi connectivity index (χ0) is 19.1. The molecule has 136 valence electrons. The highest BCUT2D eigenvalue weighted by Gasteiger charge is 2.20. The predicted octanol–water partition coefficient (Wildman–Crippen LogP) is 2.68. The zero-order valence-electron chi connectivity index (χ0n) is 15.2. The Hall–Kier alpha value is -3.45. The van der Waals surface area contributed by atoms with Crippen molar-refractivity contribution < 1.29 is 0 Å². The minimum atomic E-state index is 0.0258. The van der Waals surface area contributed by atoms with Gasteiger partial charge >= 0.3 is 0 Å². The highest BCUT2D eigenvalue weighted by molar-refractivity contribution is 5.98. The third-order valence-electron chi connectivity index (χ3n) is 4.69. The normalized spacial score (nSPS) is 11.2. The highest BCUT2D eigenvalue weighted by Crippen LogP contribution is 2.31. The molecule has 2 heterocycles. The fraction of sp³-hybridized carbons (Fsp3) is 0.150. The first-order valence-electron chi connectivity index (χ1n) is 8.65. The molecule has 0 aliphatic carbocycles. The smallest absolute Gasteiger partial charge is 0.157 e. The van der Waals surface area contributed by atoms with Crippen LogP contribution in [-0.4, -0.2) is 25.6 Å². The number of hydrogen-bond donors (Lipinski definition) is 4. The maximum atomic E-state index is 7.61. The van der Waals surface area contributed by atoms with Crippen LogP contribution in [0.25, 0.3) is 33.8 Å². The van der Waals surface area contributed by atoms with E-state index in [1.165, 1.54) is 5.56 Å². The summed E-state index contributed by atoms with van der Waals surface area (Å²) in [6.45, 7) is 2.41. The van der Waals surface area contributed by atoms with Gasteiger partial charge in [0.05, 0.1) is 16.7 Å². The highest BCUT2D eigenvalue weighted by atomic mass is 15.3. The lowest BCUT2D eigenvalue weighted by Gasteiger charge is -2.03. The predicted molar refractivity (Wildman–Crippen MR) is 107 cm³/mol. The van der Waals surface area contributed by atoms with Crippen molar-refractivity contribution in [1.82, 2.24) is 19.7 Å². The molecule has 2 aromatic heterocycles. The molecule has 0 spiro atoms. The van der Waals surface area contributed by atoms with Gasteiger partial charge in [0.15, 0.2) is 5.82 Å². The molecule has 6 N–H and O–H groups in total. The molecule has 0 atom stereocenters. The van der Waals surface area contributed by atoms with Crippen LogP contribution in [0.5, 0.6) is 0 Å². The fourth-order valence-corrected chi connectivity index (χ4v) is 3.29. The van der Waals surface area contributed by atoms with Gasteiger partial charge in [-0.1, -0.05) is 29.8 Å². The summed E-state index contributed by atoms with van der Waals surface area (Å²) < 4.78 is 1.81. The van der Waals surface area contributed by atoms with Crippen molar-refractivity contribution in [2.24, 2.45) is 18.5 Å². The second kappa shape index (κ2) is 6.37. The Labute approximate surface area is 156 Å². The number of amidine groups is 1. The Balaban J connectivity index is 1.87. The van der Waals surface area contributed by atoms with E-state index in [9.17, 15) is 0 Å². The van der Waals surface area contributed by atoms with Crippen molar-refractivity contribution in [3.8, 4) is 22.8 Å². The molecule has 0 fully saturated rings. The van der Waals surface area contributed by atoms with Gasteiger partial charge in [-0.2, -0.15) is 5.10 Å². The van der Waals surface area contributed by atoms with Gasteiger partial charge in [0, 0.05) is 30.3 Å². The first-order valence-corrected chi connectivity index (χ1v) is 8.65. The van der Waals surface area contributed by atoms with Crippen LogP contribution in [0.1, 0.15) is 16.7 Å². The number of benzene rings is 2. The summed E-state index contributed by atoms with van der Waals surface area (Å²) in [7, 11) is 1.89. The van der Waals surface area contributed by atoms with E-state index >= 15 is 0 Å². The number of aromatic amines is 1. The minimum absolute atomic E-state index is 0.0258. The number of nitrogens with zero attached hydrogens (tertiary/aromatic N) is 3. The maximum Gasteiger partial charge on any atom is 0.157 e. The van der Waals surface area contributed by atoms with Crippen LogP contribution in [0.4, 0.5) is 0 Å². The molecule has 0 radical (unpaired) electrons. The number of aryl methyl sites for hydroxylation is 2. The Kier molecular flexibility index (Phi) is 4.01. The Morgan fingerprint density at radius 2 is 1.93 bits per heavy atom. The van der Waals surface area contributed by atoms with Crippen molar-refractivity contribution in [3.63, 3.8) is 0 Å². The summed E-state index contributed by atoms with van der Waals surface area (Å²) in [4.78, 5) is 8.01. The summed E-state index contributed by atoms with van der Waals surface area (Å²) in [5.74, 6) is 0.720. The van der Waals surface area contributed by atoms with Crippen LogP contribution >= 0.6 is 0 Å². The van der Waals surface area contributed by atoms with E-state index in [-0.39, 0.29) is 5.84 Å². The van der Waals surface area contributed by atoms with Crippen molar-refractivity contribution >= 4 is 16.9 Å². The number of rotatable bonds is 4. The Morgan fingerprint density at radius 1 is 1.19 bits per heavy atom. The first kappa shape index (κ1) is 17.0. The van der Waals surface area contributed by atoms with E-state index in [1.807, 2.05) is 19.2 Å². The summed E-state index contributed by atoms with van der Waals surface area (Å²) in [5.41, 5.74) is 18.8. The maximum absolute atomic E-state index is 7.61. The zero-order valence-corrected chi connectivity index (χ0v) is 15.2. The standard InChI is InChI=1S/C20H21N7/c1-11-3-5-12(6-4-11)17-14(10-21)18(27(2)26-17)20-24-15-8-7-13(19(22)23)9-16(15)25-20/h3-9H,10,21H2,1-2H3,(H3,22,23)(H,24,25). The second-order valence-electron chi connectivity index (χ2n) is 6.60. The molecule has 4 aromatic rings. The van der Waals surface area contributed by atoms with Gasteiger partial charge < -0.3 is 16.5 Å². The van der Waals surface area contributed by atoms with E-state index in [0.717, 1.165) is 33.5 Å². The summed E-state index contributed by atoms with van der Waals surface area (Å²) in [6, 6.07) is 13.7. The number of nitrogen functional groups attached to an aromatic ring is 1. The lowest BCUT2D eigenvalue weighted by molar-refractivity contribution is 0.774. The van der Waals surface area contributed by atoms with E-state index in [2.05, 4.69) is 36.2 Å². The summed E-state index contributed by atoms with van der Waals surface area (Å²) in [6.07, 6.45) is 0. The number of aromatic nitrogens is 4. The monoisotopic (exact) mass is 359 g/mol. The molecule has 7 heteroatoms. The average Bonchev–Trinajstić information content (AvgIpc) is 3.21. The van der Waals surface area contributed by atoms with Gasteiger partial charge in [0.1, 0.15) is 11.5 Å². The summed E-state index contributed by atoms with van der Waals surface area (Å²) in [5, 5.41) is 12.3. The third kappa shape index (κ3) is 2.88. The van der Waals surface area contributed by atoms with Crippen molar-refractivity contribution in [2.75, 3.05) is 0 Å². The molecule has 0 saturated carbocycles. The van der Waals surface area contributed by atoms with E-state index in [4.69, 9.17) is 27.0 Å². The van der Waals surface area contributed by atoms with Gasteiger partial charge in [-0.05, 0) is 25.1 Å². The topological polar surface area (TPSA) is 122 Å². The number of nitrogens with one attached hydrogen (secondary N) is 2. The van der Waals surface area contributed by atoms with E-state index < -0.39 is 0 Å². The third-order valence-corrected chi connectivity index (χ3v) is 4.69. The van der Waals surface area contributed by atoms with Crippen molar-refractivity contribution in [3.05, 3.63) is 59.2 Å². The van der Waals surface area contributed by atoms with Crippen LogP contribution in [0.3, 0.4) is 0 Å². The molecule has 2 aromatic carbocycles. The molecular formula is C20H21N7. The van der Waals surface area contributed by atoms with E-state index in [0.29, 0.717) is 17.9 Å². The SMILES string of the molecule is Cc1ccc(-c2nn(C)c(-c3nc4ccc(C(=N)N)cc4[nH]3)c2CN)cc1. The number of nitrogens with two attached hydrogens (primary N) is 2. The molecule has 0 unspecified atom stereocenters. The van der Waals surface area contributed by atoms with Gasteiger partial charge in [0.25, 0.3) is 0 Å². The molecule has 0 bridgehead atoms. The van der Waals surface area contributed by atoms with Gasteiger partial charge in [-0.15, -0.1) is 0 Å². The fourth-order valence-electron chi connectivity index (χ4n) is 3.29. The van der Waals surface area contributed by atoms with Gasteiger partial charge in [-0.25, -0.2) is 4.98 Å². The molecular weight excluding hydrogens is 338 g/mol. The Morgan fingerprint density at radius 3 is 2.59 bits per heavy atom. The van der Waals surface area contributed by atoms with Crippen molar-refractivity contribution in [2.45, 2.75) is 13.5 Å². The van der Waals surface area contributed by atoms with Crippen LogP contribution < -0.4 is 11.5 Å². The number of H-pyrrole nitrogens is 1. The lowest BCUT2D eigenvalue weighted by atomic mass is 10.0. The summed E-state index contributed by atoms with van der Waals surface area (Å²) >= 11 is 0. The Bertz CT molecular complexity index is 1150. The van der Waals surface area contributed by atoms with Gasteiger partial charge in [0.2, 0.25) is 0 Å². The van der Waals surface area contributed by atoms with Crippen LogP contribution in [0.15, 0.2) is 42.5 Å². The number of hydrogen-bond acceptors (Lipinski definition) is 4. The van der Waals surface area contributed by atoms with E-state index in [1.54, 1.807) is 10.7 Å². The molecule has 0 aliphatic rings. The molecule has 27 heavy (non-hydrogen) atoms. The lowest BCUT2D eigenvalue weighted by Crippen LogP contribution is -2.10. The van der Waals surface area contributed by atoms with Crippen LogP contribution in [0.2, 0.25) is 0 Å². The second-order valence-corrected chi connectivity index (χ2v) is 6.60. The molecule has 0 amide bonds. The molecule has 7 nitrogen and oxygen atoms in total. The quantitative estimate of drug-likeness (QED) is 0.330. The average molecular weight is 359 g/mol. The minimum Gasteiger partial charge on any atom is -0.384 e. The molecule has 0 saturated heterocycles. The van der Waals surface area contributed by atoms with Crippen LogP contribution in [-0.2, 0) is 13.6 Å². The first-order chi connectivity index (χ1) is 13.0. The van der Waals surface area contributed by atoms with Crippen molar-refractivity contribution in [1.29, 1.82) is 5.41 Å². The number of fused-ring (bicyclic) bond motifs is 1. The molecule has 0 aliphatic heterocycles. The number of imidazole rings is 1.